The first-order chi connectivity index (χ1) is 9.79. The summed E-state index contributed by atoms with van der Waals surface area (Å²) < 4.78 is 13.5. The van der Waals surface area contributed by atoms with Crippen LogP contribution in [0.1, 0.15) is 31.1 Å². The normalized spacial score (nSPS) is 11.5. The van der Waals surface area contributed by atoms with Gasteiger partial charge in [-0.25, -0.2) is 4.39 Å². The van der Waals surface area contributed by atoms with E-state index >= 15 is 0 Å². The Morgan fingerprint density at radius 1 is 1.33 bits per heavy atom. The lowest BCUT2D eigenvalue weighted by atomic mass is 9.98. The second-order valence-corrected chi connectivity index (χ2v) is 6.02. The van der Waals surface area contributed by atoms with Crippen molar-refractivity contribution >= 4 is 5.78 Å². The zero-order valence-electron chi connectivity index (χ0n) is 13.1. The van der Waals surface area contributed by atoms with Gasteiger partial charge in [0.1, 0.15) is 5.82 Å². The van der Waals surface area contributed by atoms with Crippen molar-refractivity contribution in [2.75, 3.05) is 20.1 Å². The standard InChI is InChI=1S/C18H22FNO/c1-18(2,3)12-8-5-9-13-20(4)14-17(21)15-10-6-7-11-16(15)19/h5-7,9-11H,13-14H2,1-4H3. The van der Waals surface area contributed by atoms with Crippen molar-refractivity contribution in [3.63, 3.8) is 0 Å². The SMILES string of the molecule is CN(CC=CC#CC(C)(C)C)CC(=O)c1ccccc1F. The first kappa shape index (κ1) is 17.1. The Hall–Kier alpha value is -1.92. The molecule has 0 unspecified atom stereocenters. The Bertz CT molecular complexity index is 573. The Balaban J connectivity index is 2.49. The van der Waals surface area contributed by atoms with Gasteiger partial charge >= 0.3 is 0 Å². The van der Waals surface area contributed by atoms with E-state index in [1.807, 2.05) is 38.8 Å². The lowest BCUT2D eigenvalue weighted by molar-refractivity contribution is 0.0948. The van der Waals surface area contributed by atoms with E-state index in [4.69, 9.17) is 0 Å². The minimum Gasteiger partial charge on any atom is -0.295 e. The predicted octanol–water partition coefficient (Wildman–Crippen LogP) is 3.55. The molecule has 0 saturated heterocycles. The van der Waals surface area contributed by atoms with Gasteiger partial charge in [0, 0.05) is 12.0 Å². The van der Waals surface area contributed by atoms with Crippen LogP contribution in [0.4, 0.5) is 4.39 Å². The average molecular weight is 287 g/mol. The molecule has 2 nitrogen and oxygen atoms in total. The average Bonchev–Trinajstić information content (AvgIpc) is 2.37. The molecule has 112 valence electrons. The quantitative estimate of drug-likeness (QED) is 0.610. The van der Waals surface area contributed by atoms with Crippen molar-refractivity contribution in [1.82, 2.24) is 4.90 Å². The third-order valence-corrected chi connectivity index (χ3v) is 2.65. The minimum atomic E-state index is -0.470. The fourth-order valence-electron chi connectivity index (χ4n) is 1.63. The number of Topliss-reactive ketones (excluding diaryl/α,β-unsaturated/α-hetero) is 1. The van der Waals surface area contributed by atoms with E-state index in [-0.39, 0.29) is 23.3 Å². The van der Waals surface area contributed by atoms with E-state index in [2.05, 4.69) is 11.8 Å². The van der Waals surface area contributed by atoms with Crippen LogP contribution in [0, 0.1) is 23.1 Å². The van der Waals surface area contributed by atoms with Gasteiger partial charge in [-0.05, 0) is 46.0 Å². The van der Waals surface area contributed by atoms with Gasteiger partial charge in [0.15, 0.2) is 5.78 Å². The topological polar surface area (TPSA) is 20.3 Å². The molecule has 0 heterocycles. The Morgan fingerprint density at radius 2 is 2.00 bits per heavy atom. The van der Waals surface area contributed by atoms with E-state index in [0.29, 0.717) is 6.54 Å². The molecule has 0 aromatic heterocycles. The van der Waals surface area contributed by atoms with Gasteiger partial charge < -0.3 is 0 Å². The molecule has 0 aliphatic rings. The highest BCUT2D eigenvalue weighted by atomic mass is 19.1. The molecule has 0 aliphatic carbocycles. The molecule has 1 aromatic rings. The Morgan fingerprint density at radius 3 is 2.62 bits per heavy atom. The first-order valence-electron chi connectivity index (χ1n) is 6.93. The molecule has 0 aliphatic heterocycles. The van der Waals surface area contributed by atoms with Gasteiger partial charge in [0.05, 0.1) is 12.1 Å². The van der Waals surface area contributed by atoms with Gasteiger partial charge in [-0.2, -0.15) is 0 Å². The van der Waals surface area contributed by atoms with E-state index in [0.717, 1.165) is 0 Å². The lowest BCUT2D eigenvalue weighted by Crippen LogP contribution is -2.26. The van der Waals surface area contributed by atoms with Crippen molar-refractivity contribution in [2.45, 2.75) is 20.8 Å². The summed E-state index contributed by atoms with van der Waals surface area (Å²) in [6.45, 7) is 6.92. The van der Waals surface area contributed by atoms with Crippen LogP contribution in [0.5, 0.6) is 0 Å². The smallest absolute Gasteiger partial charge is 0.179 e. The fraction of sp³-hybridized carbons (Fsp3) is 0.389. The molecule has 3 heteroatoms. The van der Waals surface area contributed by atoms with Crippen LogP contribution in [0.3, 0.4) is 0 Å². The lowest BCUT2D eigenvalue weighted by Gasteiger charge is -2.13. The number of hydrogen-bond acceptors (Lipinski definition) is 2. The molecule has 0 atom stereocenters. The van der Waals surface area contributed by atoms with Gasteiger partial charge in [-0.1, -0.05) is 30.0 Å². The van der Waals surface area contributed by atoms with Crippen LogP contribution in [0.15, 0.2) is 36.4 Å². The third kappa shape index (κ3) is 6.87. The van der Waals surface area contributed by atoms with Gasteiger partial charge in [0.2, 0.25) is 0 Å². The zero-order chi connectivity index (χ0) is 15.9. The van der Waals surface area contributed by atoms with Crippen molar-refractivity contribution in [1.29, 1.82) is 0 Å². The van der Waals surface area contributed by atoms with Crippen LogP contribution in [0.2, 0.25) is 0 Å². The van der Waals surface area contributed by atoms with E-state index in [1.54, 1.807) is 18.2 Å². The monoisotopic (exact) mass is 287 g/mol. The molecule has 1 aromatic carbocycles. The summed E-state index contributed by atoms with van der Waals surface area (Å²) in [5.74, 6) is 5.38. The van der Waals surface area contributed by atoms with Crippen LogP contribution >= 0.6 is 0 Å². The highest BCUT2D eigenvalue weighted by Gasteiger charge is 2.12. The second kappa shape index (κ2) is 7.75. The summed E-state index contributed by atoms with van der Waals surface area (Å²) >= 11 is 0. The predicted molar refractivity (Wildman–Crippen MR) is 84.6 cm³/mol. The maximum absolute atomic E-state index is 13.5. The number of ketones is 1. The number of halogens is 1. The summed E-state index contributed by atoms with van der Waals surface area (Å²) in [7, 11) is 1.82. The molecule has 0 bridgehead atoms. The van der Waals surface area contributed by atoms with Gasteiger partial charge in [-0.3, -0.25) is 9.69 Å². The number of nitrogens with zero attached hydrogens (tertiary/aromatic N) is 1. The van der Waals surface area contributed by atoms with Crippen molar-refractivity contribution in [3.05, 3.63) is 47.8 Å². The minimum absolute atomic E-state index is 0.0168. The molecular formula is C18H22FNO. The number of benzene rings is 1. The highest BCUT2D eigenvalue weighted by Crippen LogP contribution is 2.09. The zero-order valence-corrected chi connectivity index (χ0v) is 13.1. The molecule has 0 spiro atoms. The van der Waals surface area contributed by atoms with Crippen molar-refractivity contribution < 1.29 is 9.18 Å². The molecule has 0 radical (unpaired) electrons. The number of allylic oxidation sites excluding steroid dienone is 1. The van der Waals surface area contributed by atoms with Gasteiger partial charge in [0.25, 0.3) is 0 Å². The largest absolute Gasteiger partial charge is 0.295 e. The Labute approximate surface area is 126 Å². The first-order valence-corrected chi connectivity index (χ1v) is 6.93. The van der Waals surface area contributed by atoms with Gasteiger partial charge in [-0.15, -0.1) is 0 Å². The summed E-state index contributed by atoms with van der Waals surface area (Å²) in [6.07, 6.45) is 3.68. The van der Waals surface area contributed by atoms with Crippen molar-refractivity contribution in [3.8, 4) is 11.8 Å². The number of likely N-dealkylation sites (N-methyl/N-ethyl adjacent to an activating group) is 1. The summed E-state index contributed by atoms with van der Waals surface area (Å²) in [5, 5.41) is 0. The van der Waals surface area contributed by atoms with E-state index in [9.17, 15) is 9.18 Å². The number of hydrogen-bond donors (Lipinski definition) is 0. The number of carbonyl (C=O) groups is 1. The summed E-state index contributed by atoms with van der Waals surface area (Å²) in [4.78, 5) is 13.8. The van der Waals surface area contributed by atoms with Crippen molar-refractivity contribution in [2.24, 2.45) is 5.41 Å². The third-order valence-electron chi connectivity index (χ3n) is 2.65. The summed E-state index contributed by atoms with van der Waals surface area (Å²) in [5.41, 5.74) is 0.123. The van der Waals surface area contributed by atoms with E-state index < -0.39 is 5.82 Å². The molecule has 0 saturated carbocycles. The number of carbonyl (C=O) groups excluding carboxylic acids is 1. The Kier molecular flexibility index (Phi) is 6.33. The van der Waals surface area contributed by atoms with Crippen LogP contribution in [-0.4, -0.2) is 30.8 Å². The van der Waals surface area contributed by atoms with Crippen LogP contribution in [-0.2, 0) is 0 Å². The molecule has 1 rings (SSSR count). The maximum Gasteiger partial charge on any atom is 0.179 e. The molecule has 0 fully saturated rings. The van der Waals surface area contributed by atoms with Crippen LogP contribution < -0.4 is 0 Å². The molecule has 21 heavy (non-hydrogen) atoms. The molecule has 0 amide bonds. The van der Waals surface area contributed by atoms with E-state index in [1.165, 1.54) is 12.1 Å². The summed E-state index contributed by atoms with van der Waals surface area (Å²) in [6, 6.07) is 6.05. The number of rotatable bonds is 5. The molecule has 0 N–H and O–H groups in total. The highest BCUT2D eigenvalue weighted by molar-refractivity contribution is 5.97. The fourth-order valence-corrected chi connectivity index (χ4v) is 1.63. The maximum atomic E-state index is 13.5. The molecular weight excluding hydrogens is 265 g/mol. The second-order valence-electron chi connectivity index (χ2n) is 6.02. The van der Waals surface area contributed by atoms with Crippen LogP contribution in [0.25, 0.3) is 0 Å².